The third-order valence-electron chi connectivity index (χ3n) is 6.20. The molecule has 0 bridgehead atoms. The van der Waals surface area contributed by atoms with E-state index in [4.69, 9.17) is 13.9 Å². The first-order valence-corrected chi connectivity index (χ1v) is 12.2. The van der Waals surface area contributed by atoms with Crippen molar-refractivity contribution in [2.75, 3.05) is 13.2 Å². The van der Waals surface area contributed by atoms with Crippen molar-refractivity contribution < 1.29 is 32.4 Å². The summed E-state index contributed by atoms with van der Waals surface area (Å²) in [5.41, 5.74) is 3.56. The molecule has 168 valence electrons. The molecule has 2 aliphatic heterocycles. The number of benzene rings is 2. The van der Waals surface area contributed by atoms with E-state index in [0.29, 0.717) is 36.5 Å². The van der Waals surface area contributed by atoms with Crippen LogP contribution in [-0.2, 0) is 43.9 Å². The molecule has 0 aliphatic carbocycles. The molecule has 3 aromatic rings. The first kappa shape index (κ1) is 21.6. The van der Waals surface area contributed by atoms with E-state index in [1.165, 1.54) is 6.26 Å². The number of sulfonamides is 1. The Balaban J connectivity index is 1.32. The van der Waals surface area contributed by atoms with Gasteiger partial charge in [0.25, 0.3) is 0 Å². The number of rotatable bonds is 7. The topological polar surface area (TPSA) is 118 Å². The molecule has 1 saturated heterocycles. The fraction of sp³-hybridized carbons (Fsp3) is 0.364. The summed E-state index contributed by atoms with van der Waals surface area (Å²) in [6.45, 7) is 1.58. The monoisotopic (exact) mass is 457 g/mol. The van der Waals surface area contributed by atoms with E-state index >= 15 is 0 Å². The van der Waals surface area contributed by atoms with Gasteiger partial charge in [-0.2, -0.15) is 0 Å². The Hall–Kier alpha value is -2.21. The van der Waals surface area contributed by atoms with Crippen molar-refractivity contribution in [1.29, 1.82) is 0 Å². The van der Waals surface area contributed by atoms with Crippen molar-refractivity contribution in [2.45, 2.75) is 36.7 Å². The normalized spacial score (nSPS) is 21.3. The summed E-state index contributed by atoms with van der Waals surface area (Å²) in [7, 11) is -5.71. The van der Waals surface area contributed by atoms with Gasteiger partial charge in [-0.15, -0.1) is 0 Å². The molecule has 0 saturated carbocycles. The second-order valence-electron chi connectivity index (χ2n) is 8.44. The van der Waals surface area contributed by atoms with E-state index in [-0.39, 0.29) is 12.2 Å². The summed E-state index contributed by atoms with van der Waals surface area (Å²) in [5, 5.41) is 20.5. The molecule has 2 atom stereocenters. The highest BCUT2D eigenvalue weighted by molar-refractivity contribution is 7.88. The minimum atomic E-state index is -3.85. The number of para-hydroxylation sites is 1. The second kappa shape index (κ2) is 8.29. The van der Waals surface area contributed by atoms with Crippen LogP contribution in [0.4, 0.5) is 0 Å². The Morgan fingerprint density at radius 3 is 2.81 bits per heavy atom. The molecule has 3 heterocycles. The molecule has 32 heavy (non-hydrogen) atoms. The van der Waals surface area contributed by atoms with Gasteiger partial charge in [-0.3, -0.25) is 0 Å². The van der Waals surface area contributed by atoms with Crippen LogP contribution in [0.15, 0.2) is 53.1 Å². The van der Waals surface area contributed by atoms with Gasteiger partial charge in [-0.1, -0.05) is 36.4 Å². The van der Waals surface area contributed by atoms with Gasteiger partial charge < -0.3 is 23.9 Å². The van der Waals surface area contributed by atoms with Crippen LogP contribution in [0.2, 0.25) is 0 Å². The highest BCUT2D eigenvalue weighted by Gasteiger charge is 2.43. The molecule has 5 rings (SSSR count). The van der Waals surface area contributed by atoms with Crippen LogP contribution < -0.4 is 4.72 Å². The van der Waals surface area contributed by atoms with Crippen molar-refractivity contribution in [2.24, 2.45) is 0 Å². The zero-order chi connectivity index (χ0) is 22.3. The third kappa shape index (κ3) is 4.10. The highest BCUT2D eigenvalue weighted by atomic mass is 32.2. The molecule has 2 aromatic carbocycles. The van der Waals surface area contributed by atoms with Gasteiger partial charge >= 0.3 is 7.12 Å². The number of hydrogen-bond acceptors (Lipinski definition) is 7. The maximum Gasteiger partial charge on any atom is 0.471 e. The summed E-state index contributed by atoms with van der Waals surface area (Å²) in [6.07, 6.45) is 2.38. The highest BCUT2D eigenvalue weighted by Crippen LogP contribution is 2.42. The van der Waals surface area contributed by atoms with Crippen molar-refractivity contribution in [3.05, 3.63) is 71.0 Å². The molecule has 3 N–H and O–H groups in total. The van der Waals surface area contributed by atoms with Gasteiger partial charge in [-0.05, 0) is 34.7 Å². The Labute approximate surface area is 186 Å². The summed E-state index contributed by atoms with van der Waals surface area (Å²) in [4.78, 5) is 0. The van der Waals surface area contributed by atoms with Crippen molar-refractivity contribution in [3.8, 4) is 0 Å². The lowest BCUT2D eigenvalue weighted by Crippen LogP contribution is -2.48. The lowest BCUT2D eigenvalue weighted by Gasteiger charge is -2.21. The van der Waals surface area contributed by atoms with Gasteiger partial charge in [-0.25, -0.2) is 13.1 Å². The van der Waals surface area contributed by atoms with Gasteiger partial charge in [0.1, 0.15) is 11.2 Å². The van der Waals surface area contributed by atoms with Crippen molar-refractivity contribution >= 4 is 28.1 Å². The molecule has 8 nitrogen and oxygen atoms in total. The molecule has 1 fully saturated rings. The molecule has 0 amide bonds. The van der Waals surface area contributed by atoms with Crippen molar-refractivity contribution in [1.82, 2.24) is 4.72 Å². The first-order valence-electron chi connectivity index (χ1n) is 10.5. The van der Waals surface area contributed by atoms with Crippen molar-refractivity contribution in [3.63, 3.8) is 0 Å². The molecule has 0 radical (unpaired) electrons. The fourth-order valence-electron chi connectivity index (χ4n) is 4.59. The predicted octanol–water partition coefficient (Wildman–Crippen LogP) is 1.62. The zero-order valence-corrected chi connectivity index (χ0v) is 18.2. The van der Waals surface area contributed by atoms with Gasteiger partial charge in [0.15, 0.2) is 0 Å². The summed E-state index contributed by atoms with van der Waals surface area (Å²) < 4.78 is 45.1. The quantitative estimate of drug-likeness (QED) is 0.462. The number of fused-ring (bicyclic) bond motifs is 3. The number of nitrogens with one attached hydrogen (secondary N) is 1. The largest absolute Gasteiger partial charge is 0.471 e. The summed E-state index contributed by atoms with van der Waals surface area (Å²) in [6, 6.07) is 12.9. The molecule has 2 unspecified atom stereocenters. The first-order chi connectivity index (χ1) is 15.4. The Kier molecular flexibility index (Phi) is 5.61. The number of ether oxygens (including phenoxy) is 2. The smallest absolute Gasteiger partial charge is 0.464 e. The average Bonchev–Trinajstić information content (AvgIpc) is 3.48. The average molecular weight is 457 g/mol. The maximum atomic E-state index is 12.8. The number of hydrogen-bond donors (Lipinski definition) is 3. The van der Waals surface area contributed by atoms with E-state index in [2.05, 4.69) is 4.72 Å². The Morgan fingerprint density at radius 1 is 1.19 bits per heavy atom. The van der Waals surface area contributed by atoms with Crippen LogP contribution >= 0.6 is 0 Å². The van der Waals surface area contributed by atoms with Gasteiger partial charge in [0.05, 0.1) is 31.2 Å². The molecule has 1 aromatic heterocycles. The lowest BCUT2D eigenvalue weighted by molar-refractivity contribution is -0.0421. The predicted molar refractivity (Wildman–Crippen MR) is 118 cm³/mol. The minimum Gasteiger partial charge on any atom is -0.464 e. The van der Waals surface area contributed by atoms with E-state index < -0.39 is 28.7 Å². The van der Waals surface area contributed by atoms with E-state index in [1.54, 1.807) is 12.1 Å². The standard InChI is InChI=1S/C22H24BNO7S/c25-23(26)21(10-16-11-30-20-4-2-1-3-18(16)20)24-32(27,28)13-15-5-6-19-17(9-15)12-31-22(19)7-8-29-14-22/h1-6,9,11,21,24-26H,7-8,10,12-14H2. The molecular formula is C22H24BNO7S. The third-order valence-corrected chi connectivity index (χ3v) is 7.57. The minimum absolute atomic E-state index is 0.0778. The Morgan fingerprint density at radius 2 is 2.03 bits per heavy atom. The summed E-state index contributed by atoms with van der Waals surface area (Å²) in [5.74, 6) is -1.39. The maximum absolute atomic E-state index is 12.8. The Bertz CT molecular complexity index is 1230. The molecule has 1 spiro atoms. The van der Waals surface area contributed by atoms with Gasteiger partial charge in [0.2, 0.25) is 10.0 Å². The van der Waals surface area contributed by atoms with Crippen LogP contribution in [0.5, 0.6) is 0 Å². The van der Waals surface area contributed by atoms with Gasteiger partial charge in [0, 0.05) is 18.4 Å². The lowest BCUT2D eigenvalue weighted by atomic mass is 9.77. The fourth-order valence-corrected chi connectivity index (χ4v) is 5.96. The molecular weight excluding hydrogens is 433 g/mol. The van der Waals surface area contributed by atoms with Crippen LogP contribution in [0, 0.1) is 0 Å². The van der Waals surface area contributed by atoms with Crippen LogP contribution in [-0.4, -0.2) is 44.7 Å². The number of furan rings is 1. The van der Waals surface area contributed by atoms with Crippen LogP contribution in [0.1, 0.15) is 28.7 Å². The molecule has 10 heteroatoms. The van der Waals surface area contributed by atoms with E-state index in [9.17, 15) is 18.5 Å². The SMILES string of the molecule is O=S(=O)(Cc1ccc2c(c1)COC21CCOC1)NC(Cc1coc2ccccc12)B(O)O. The van der Waals surface area contributed by atoms with Crippen LogP contribution in [0.3, 0.4) is 0 Å². The zero-order valence-electron chi connectivity index (χ0n) is 17.4. The van der Waals surface area contributed by atoms with Crippen LogP contribution in [0.25, 0.3) is 11.0 Å². The molecule has 2 aliphatic rings. The second-order valence-corrected chi connectivity index (χ2v) is 10.2. The van der Waals surface area contributed by atoms with E-state index in [1.807, 2.05) is 30.3 Å². The summed E-state index contributed by atoms with van der Waals surface area (Å²) >= 11 is 0. The van der Waals surface area contributed by atoms with E-state index in [0.717, 1.165) is 22.9 Å².